The Morgan fingerprint density at radius 2 is 1.71 bits per heavy atom. The monoisotopic (exact) mass is 502 g/mol. The molecule has 184 valence electrons. The van der Waals surface area contributed by atoms with E-state index in [1.807, 2.05) is 12.1 Å². The number of hydrogen-bond donors (Lipinski definition) is 3. The second kappa shape index (κ2) is 10.6. The van der Waals surface area contributed by atoms with Crippen LogP contribution in [0.4, 0.5) is 24.8 Å². The van der Waals surface area contributed by atoms with Crippen LogP contribution < -0.4 is 10.0 Å². The number of carboxylic acid groups (broad SMARTS) is 1. The van der Waals surface area contributed by atoms with Crippen LogP contribution >= 0.6 is 11.9 Å². The molecule has 0 unspecified atom stereocenters. The number of carbonyl (C=O) groups is 1. The summed E-state index contributed by atoms with van der Waals surface area (Å²) in [6, 6.07) is 14.8. The predicted octanol–water partition coefficient (Wildman–Crippen LogP) is 6.65. The van der Waals surface area contributed by atoms with Gasteiger partial charge in [0, 0.05) is 23.6 Å². The van der Waals surface area contributed by atoms with Crippen molar-refractivity contribution in [2.45, 2.75) is 49.9 Å². The van der Waals surface area contributed by atoms with Gasteiger partial charge in [0.05, 0.1) is 17.2 Å². The van der Waals surface area contributed by atoms with E-state index in [2.05, 4.69) is 20.0 Å². The topological polar surface area (TPSA) is 87.1 Å². The van der Waals surface area contributed by atoms with Crippen LogP contribution in [0.3, 0.4) is 0 Å². The Hall–Kier alpha value is -3.27. The molecule has 0 radical (unpaired) electrons. The van der Waals surface area contributed by atoms with Gasteiger partial charge in [-0.3, -0.25) is 4.79 Å². The summed E-state index contributed by atoms with van der Waals surface area (Å²) < 4.78 is 43.9. The van der Waals surface area contributed by atoms with Gasteiger partial charge >= 0.3 is 12.1 Å². The summed E-state index contributed by atoms with van der Waals surface area (Å²) in [5.74, 6) is -0.0774. The molecule has 35 heavy (non-hydrogen) atoms. The van der Waals surface area contributed by atoms with E-state index in [1.54, 1.807) is 37.3 Å². The van der Waals surface area contributed by atoms with Crippen molar-refractivity contribution in [3.8, 4) is 11.3 Å². The van der Waals surface area contributed by atoms with Gasteiger partial charge in [-0.15, -0.1) is 0 Å². The van der Waals surface area contributed by atoms with Crippen molar-refractivity contribution in [1.82, 2.24) is 9.97 Å². The number of hydrogen-bond acceptors (Lipinski definition) is 6. The number of nitrogens with zero attached hydrogens (tertiary/aromatic N) is 2. The highest BCUT2D eigenvalue weighted by Crippen LogP contribution is 2.38. The first kappa shape index (κ1) is 24.8. The third kappa shape index (κ3) is 6.25. The van der Waals surface area contributed by atoms with Gasteiger partial charge < -0.3 is 15.1 Å². The van der Waals surface area contributed by atoms with Crippen molar-refractivity contribution in [3.05, 3.63) is 65.7 Å². The molecule has 10 heteroatoms. The highest BCUT2D eigenvalue weighted by Gasteiger charge is 2.35. The number of aliphatic carboxylic acids is 1. The fourth-order valence-electron chi connectivity index (χ4n) is 4.14. The molecule has 3 N–H and O–H groups in total. The number of aromatic nitrogens is 2. The van der Waals surface area contributed by atoms with Gasteiger partial charge in [0.15, 0.2) is 0 Å². The summed E-state index contributed by atoms with van der Waals surface area (Å²) in [7, 11) is 0. The van der Waals surface area contributed by atoms with Gasteiger partial charge in [-0.05, 0) is 62.4 Å². The molecular formula is C25H25F3N4O2S. The number of rotatable bonds is 7. The van der Waals surface area contributed by atoms with Gasteiger partial charge in [-0.25, -0.2) is 9.97 Å². The summed E-state index contributed by atoms with van der Waals surface area (Å²) in [5, 5.41) is 13.1. The first-order chi connectivity index (χ1) is 16.7. The van der Waals surface area contributed by atoms with E-state index in [4.69, 9.17) is 5.11 Å². The van der Waals surface area contributed by atoms with Crippen LogP contribution in [0.15, 0.2) is 59.6 Å². The molecular weight excluding hydrogens is 477 g/mol. The van der Waals surface area contributed by atoms with Gasteiger partial charge in [-0.2, -0.15) is 13.2 Å². The van der Waals surface area contributed by atoms with E-state index in [0.717, 1.165) is 30.9 Å². The number of anilines is 2. The molecule has 3 aromatic rings. The van der Waals surface area contributed by atoms with Crippen molar-refractivity contribution in [1.29, 1.82) is 0 Å². The maximum atomic E-state index is 13.6. The molecule has 0 saturated heterocycles. The zero-order chi connectivity index (χ0) is 25.0. The SMILES string of the molecule is Cc1ccccc1-c1nc(NSc2cccc(NC3CCC(C(=O)O)CC3)n2)ccc1C(F)(F)F. The summed E-state index contributed by atoms with van der Waals surface area (Å²) in [5.41, 5.74) is 0.217. The van der Waals surface area contributed by atoms with Crippen LogP contribution in [0.2, 0.25) is 0 Å². The number of aryl methyl sites for hydroxylation is 1. The van der Waals surface area contributed by atoms with Crippen molar-refractivity contribution in [2.24, 2.45) is 5.92 Å². The number of benzene rings is 1. The minimum Gasteiger partial charge on any atom is -0.481 e. The second-order valence-corrected chi connectivity index (χ2v) is 9.33. The normalized spacial score (nSPS) is 18.2. The van der Waals surface area contributed by atoms with Crippen LogP contribution in [0.5, 0.6) is 0 Å². The first-order valence-electron chi connectivity index (χ1n) is 11.2. The molecule has 4 rings (SSSR count). The number of carboxylic acids is 1. The molecule has 2 heterocycles. The summed E-state index contributed by atoms with van der Waals surface area (Å²) in [6.07, 6.45) is -1.75. The van der Waals surface area contributed by atoms with Crippen molar-refractivity contribution in [2.75, 3.05) is 10.0 Å². The van der Waals surface area contributed by atoms with Crippen LogP contribution in [-0.2, 0) is 11.0 Å². The Labute approximate surface area is 205 Å². The summed E-state index contributed by atoms with van der Waals surface area (Å²) in [4.78, 5) is 20.0. The van der Waals surface area contributed by atoms with E-state index in [9.17, 15) is 18.0 Å². The Morgan fingerprint density at radius 3 is 2.40 bits per heavy atom. The van der Waals surface area contributed by atoms with E-state index in [1.165, 1.54) is 6.07 Å². The molecule has 0 aliphatic heterocycles. The largest absolute Gasteiger partial charge is 0.481 e. The lowest BCUT2D eigenvalue weighted by atomic mass is 9.86. The average molecular weight is 503 g/mol. The molecule has 0 amide bonds. The molecule has 1 aliphatic carbocycles. The minimum absolute atomic E-state index is 0.124. The smallest absolute Gasteiger partial charge is 0.418 e. The van der Waals surface area contributed by atoms with E-state index in [0.29, 0.717) is 34.8 Å². The molecule has 0 atom stereocenters. The number of nitrogens with one attached hydrogen (secondary N) is 2. The van der Waals surface area contributed by atoms with E-state index in [-0.39, 0.29) is 23.5 Å². The van der Waals surface area contributed by atoms with Crippen LogP contribution in [0.1, 0.15) is 36.8 Å². The quantitative estimate of drug-likeness (QED) is 0.312. The van der Waals surface area contributed by atoms with Crippen molar-refractivity contribution >= 4 is 29.6 Å². The summed E-state index contributed by atoms with van der Waals surface area (Å²) in [6.45, 7) is 1.75. The number of pyridine rings is 2. The Kier molecular flexibility index (Phi) is 7.49. The van der Waals surface area contributed by atoms with Crippen molar-refractivity contribution in [3.63, 3.8) is 0 Å². The standard InChI is InChI=1S/C25H25F3N4O2S/c1-15-5-2-3-6-18(15)23-19(25(26,27)28)13-14-21(31-23)32-35-22-8-4-7-20(30-22)29-17-11-9-16(10-12-17)24(33)34/h2-8,13-14,16-17H,9-12H2,1H3,(H,29,30)(H,31,32)(H,33,34). The lowest BCUT2D eigenvalue weighted by molar-refractivity contribution is -0.142. The van der Waals surface area contributed by atoms with Gasteiger partial charge in [0.25, 0.3) is 0 Å². The molecule has 0 spiro atoms. The number of halogens is 3. The van der Waals surface area contributed by atoms with Crippen LogP contribution in [0.25, 0.3) is 11.3 Å². The maximum Gasteiger partial charge on any atom is 0.418 e. The average Bonchev–Trinajstić information content (AvgIpc) is 2.83. The molecule has 0 bridgehead atoms. The van der Waals surface area contributed by atoms with Gasteiger partial charge in [0.2, 0.25) is 0 Å². The van der Waals surface area contributed by atoms with Crippen molar-refractivity contribution < 1.29 is 23.1 Å². The molecule has 1 saturated carbocycles. The Morgan fingerprint density at radius 1 is 0.971 bits per heavy atom. The molecule has 6 nitrogen and oxygen atoms in total. The highest BCUT2D eigenvalue weighted by molar-refractivity contribution is 8.00. The number of alkyl halides is 3. The fourth-order valence-corrected chi connectivity index (χ4v) is 4.75. The lowest BCUT2D eigenvalue weighted by Gasteiger charge is -2.27. The molecule has 2 aromatic heterocycles. The van der Waals surface area contributed by atoms with Gasteiger partial charge in [0.1, 0.15) is 16.7 Å². The highest BCUT2D eigenvalue weighted by atomic mass is 32.2. The third-order valence-electron chi connectivity index (χ3n) is 6.01. The predicted molar refractivity (Wildman–Crippen MR) is 130 cm³/mol. The maximum absolute atomic E-state index is 13.6. The first-order valence-corrected chi connectivity index (χ1v) is 12.1. The van der Waals surface area contributed by atoms with E-state index >= 15 is 0 Å². The van der Waals surface area contributed by atoms with Gasteiger partial charge in [-0.1, -0.05) is 30.3 Å². The molecule has 1 aliphatic rings. The second-order valence-electron chi connectivity index (χ2n) is 8.50. The molecule has 1 fully saturated rings. The van der Waals surface area contributed by atoms with Crippen LogP contribution in [-0.4, -0.2) is 27.1 Å². The summed E-state index contributed by atoms with van der Waals surface area (Å²) >= 11 is 1.15. The van der Waals surface area contributed by atoms with Crippen LogP contribution in [0, 0.1) is 12.8 Å². The molecule has 1 aromatic carbocycles. The third-order valence-corrected chi connectivity index (χ3v) is 6.76. The fraction of sp³-hybridized carbons (Fsp3) is 0.320. The minimum atomic E-state index is -4.53. The zero-order valence-corrected chi connectivity index (χ0v) is 19.8. The zero-order valence-electron chi connectivity index (χ0n) is 19.0. The van der Waals surface area contributed by atoms with E-state index < -0.39 is 17.7 Å². The lowest BCUT2D eigenvalue weighted by Crippen LogP contribution is -2.29. The Balaban J connectivity index is 1.46. The Bertz CT molecular complexity index is 1200.